The molecule has 0 saturated heterocycles. The van der Waals surface area contributed by atoms with Crippen molar-refractivity contribution in [3.8, 4) is 0 Å². The molecule has 0 aliphatic carbocycles. The van der Waals surface area contributed by atoms with Crippen LogP contribution in [0.1, 0.15) is 29.9 Å². The Hall–Kier alpha value is -1.61. The maximum atomic E-state index is 13.0. The highest BCUT2D eigenvalue weighted by Gasteiger charge is 2.13. The number of furan rings is 1. The molecule has 2 nitrogen and oxygen atoms in total. The Balaban J connectivity index is 2.14. The quantitative estimate of drug-likeness (QED) is 0.880. The zero-order chi connectivity index (χ0) is 12.3. The van der Waals surface area contributed by atoms with Crippen LogP contribution >= 0.6 is 0 Å². The van der Waals surface area contributed by atoms with Gasteiger partial charge in [-0.3, -0.25) is 0 Å². The Bertz CT molecular complexity index is 492. The van der Waals surface area contributed by atoms with E-state index in [1.807, 2.05) is 19.1 Å². The molecule has 0 bridgehead atoms. The minimum absolute atomic E-state index is 0.148. The Morgan fingerprint density at radius 2 is 2.18 bits per heavy atom. The van der Waals surface area contributed by atoms with Crippen LogP contribution in [-0.4, -0.2) is 0 Å². The molecule has 90 valence electrons. The average Bonchev–Trinajstić information content (AvgIpc) is 2.77. The van der Waals surface area contributed by atoms with E-state index in [2.05, 4.69) is 0 Å². The van der Waals surface area contributed by atoms with Crippen molar-refractivity contribution < 1.29 is 8.81 Å². The van der Waals surface area contributed by atoms with E-state index >= 15 is 0 Å². The molecule has 3 heteroatoms. The monoisotopic (exact) mass is 233 g/mol. The lowest BCUT2D eigenvalue weighted by Gasteiger charge is -2.11. The molecule has 0 amide bonds. The summed E-state index contributed by atoms with van der Waals surface area (Å²) in [6.07, 6.45) is 3.09. The van der Waals surface area contributed by atoms with Crippen LogP contribution in [-0.2, 0) is 12.8 Å². The molecule has 1 atom stereocenters. The van der Waals surface area contributed by atoms with Crippen LogP contribution in [0.4, 0.5) is 4.39 Å². The lowest BCUT2D eigenvalue weighted by atomic mass is 9.99. The minimum Gasteiger partial charge on any atom is -0.469 e. The van der Waals surface area contributed by atoms with Crippen molar-refractivity contribution in [2.75, 3.05) is 0 Å². The van der Waals surface area contributed by atoms with Crippen LogP contribution < -0.4 is 5.73 Å². The van der Waals surface area contributed by atoms with Gasteiger partial charge in [-0.05, 0) is 30.2 Å². The largest absolute Gasteiger partial charge is 0.469 e. The Morgan fingerprint density at radius 3 is 2.88 bits per heavy atom. The number of nitrogens with two attached hydrogens (primary N) is 1. The summed E-state index contributed by atoms with van der Waals surface area (Å²) in [5.74, 6) is 0.687. The Labute approximate surface area is 100 Å². The van der Waals surface area contributed by atoms with E-state index in [9.17, 15) is 4.39 Å². The van der Waals surface area contributed by atoms with Gasteiger partial charge in [0.2, 0.25) is 0 Å². The molecule has 2 N–H and O–H groups in total. The molecular formula is C14H16FNO. The fraction of sp³-hybridized carbons (Fsp3) is 0.286. The van der Waals surface area contributed by atoms with E-state index in [4.69, 9.17) is 10.2 Å². The van der Waals surface area contributed by atoms with Crippen molar-refractivity contribution in [2.45, 2.75) is 25.8 Å². The van der Waals surface area contributed by atoms with Gasteiger partial charge in [0, 0.05) is 18.0 Å². The van der Waals surface area contributed by atoms with Gasteiger partial charge in [-0.15, -0.1) is 0 Å². The maximum absolute atomic E-state index is 13.0. The van der Waals surface area contributed by atoms with Crippen LogP contribution in [0.15, 0.2) is 41.0 Å². The molecule has 0 saturated carbocycles. The number of rotatable bonds is 4. The molecule has 2 rings (SSSR count). The summed E-state index contributed by atoms with van der Waals surface area (Å²) >= 11 is 0. The summed E-state index contributed by atoms with van der Waals surface area (Å²) in [6.45, 7) is 2.03. The summed E-state index contributed by atoms with van der Waals surface area (Å²) < 4.78 is 18.4. The van der Waals surface area contributed by atoms with E-state index in [-0.39, 0.29) is 11.9 Å². The predicted octanol–water partition coefficient (Wildman–Crippen LogP) is 3.22. The summed E-state index contributed by atoms with van der Waals surface area (Å²) in [4.78, 5) is 0. The first kappa shape index (κ1) is 11.9. The number of halogens is 1. The summed E-state index contributed by atoms with van der Waals surface area (Å²) in [6, 6.07) is 8.28. The Kier molecular flexibility index (Phi) is 3.59. The SMILES string of the molecule is CCc1occc1C(N)Cc1cccc(F)c1. The first-order valence-electron chi connectivity index (χ1n) is 5.77. The van der Waals surface area contributed by atoms with Gasteiger partial charge < -0.3 is 10.2 Å². The van der Waals surface area contributed by atoms with E-state index in [1.54, 1.807) is 12.3 Å². The molecule has 1 aromatic heterocycles. The van der Waals surface area contributed by atoms with Crippen LogP contribution in [0.3, 0.4) is 0 Å². The van der Waals surface area contributed by atoms with Gasteiger partial charge in [-0.1, -0.05) is 19.1 Å². The number of aryl methyl sites for hydroxylation is 1. The molecule has 0 aliphatic heterocycles. The highest BCUT2D eigenvalue weighted by molar-refractivity contribution is 5.25. The third-order valence-electron chi connectivity index (χ3n) is 2.85. The second-order valence-corrected chi connectivity index (χ2v) is 4.09. The third-order valence-corrected chi connectivity index (χ3v) is 2.85. The molecule has 0 spiro atoms. The van der Waals surface area contributed by atoms with Crippen LogP contribution in [0.25, 0.3) is 0 Å². The first-order valence-corrected chi connectivity index (χ1v) is 5.77. The van der Waals surface area contributed by atoms with Gasteiger partial charge in [-0.2, -0.15) is 0 Å². The van der Waals surface area contributed by atoms with Crippen molar-refractivity contribution in [1.29, 1.82) is 0 Å². The second-order valence-electron chi connectivity index (χ2n) is 4.09. The van der Waals surface area contributed by atoms with E-state index in [0.29, 0.717) is 6.42 Å². The lowest BCUT2D eigenvalue weighted by Crippen LogP contribution is -2.14. The van der Waals surface area contributed by atoms with E-state index < -0.39 is 0 Å². The van der Waals surface area contributed by atoms with Crippen LogP contribution in [0.5, 0.6) is 0 Å². The van der Waals surface area contributed by atoms with Crippen molar-refractivity contribution in [3.05, 3.63) is 59.3 Å². The van der Waals surface area contributed by atoms with Crippen molar-refractivity contribution in [1.82, 2.24) is 0 Å². The van der Waals surface area contributed by atoms with Crippen molar-refractivity contribution >= 4 is 0 Å². The molecule has 1 aromatic carbocycles. The number of hydrogen-bond acceptors (Lipinski definition) is 2. The standard InChI is InChI=1S/C14H16FNO/c1-2-14-12(6-7-17-14)13(16)9-10-4-3-5-11(15)8-10/h3-8,13H,2,9,16H2,1H3. The van der Waals surface area contributed by atoms with Crippen molar-refractivity contribution in [2.24, 2.45) is 5.73 Å². The van der Waals surface area contributed by atoms with Crippen LogP contribution in [0, 0.1) is 5.82 Å². The van der Waals surface area contributed by atoms with Gasteiger partial charge in [0.1, 0.15) is 11.6 Å². The molecule has 1 unspecified atom stereocenters. The number of benzene rings is 1. The summed E-state index contributed by atoms with van der Waals surface area (Å²) in [7, 11) is 0. The first-order chi connectivity index (χ1) is 8.20. The fourth-order valence-electron chi connectivity index (χ4n) is 2.00. The Morgan fingerprint density at radius 1 is 1.35 bits per heavy atom. The molecule has 0 fully saturated rings. The zero-order valence-corrected chi connectivity index (χ0v) is 9.82. The van der Waals surface area contributed by atoms with Gasteiger partial charge in [0.25, 0.3) is 0 Å². The predicted molar refractivity (Wildman–Crippen MR) is 65.1 cm³/mol. The molecule has 0 aliphatic rings. The van der Waals surface area contributed by atoms with E-state index in [0.717, 1.165) is 23.3 Å². The lowest BCUT2D eigenvalue weighted by molar-refractivity contribution is 0.505. The highest BCUT2D eigenvalue weighted by atomic mass is 19.1. The van der Waals surface area contributed by atoms with Crippen LogP contribution in [0.2, 0.25) is 0 Å². The third kappa shape index (κ3) is 2.74. The van der Waals surface area contributed by atoms with E-state index in [1.165, 1.54) is 12.1 Å². The second kappa shape index (κ2) is 5.15. The number of hydrogen-bond donors (Lipinski definition) is 1. The normalized spacial score (nSPS) is 12.6. The smallest absolute Gasteiger partial charge is 0.123 e. The zero-order valence-electron chi connectivity index (χ0n) is 9.82. The molecular weight excluding hydrogens is 217 g/mol. The van der Waals surface area contributed by atoms with Crippen molar-refractivity contribution in [3.63, 3.8) is 0 Å². The highest BCUT2D eigenvalue weighted by Crippen LogP contribution is 2.21. The van der Waals surface area contributed by atoms with Gasteiger partial charge in [0.15, 0.2) is 0 Å². The minimum atomic E-state index is -0.224. The molecule has 0 radical (unpaired) electrons. The fourth-order valence-corrected chi connectivity index (χ4v) is 2.00. The van der Waals surface area contributed by atoms with Gasteiger partial charge in [-0.25, -0.2) is 4.39 Å². The van der Waals surface area contributed by atoms with Gasteiger partial charge in [0.05, 0.1) is 6.26 Å². The average molecular weight is 233 g/mol. The molecule has 2 aromatic rings. The summed E-state index contributed by atoms with van der Waals surface area (Å²) in [5.41, 5.74) is 8.03. The van der Waals surface area contributed by atoms with Gasteiger partial charge >= 0.3 is 0 Å². The topological polar surface area (TPSA) is 39.2 Å². The molecule has 17 heavy (non-hydrogen) atoms. The maximum Gasteiger partial charge on any atom is 0.123 e. The summed E-state index contributed by atoms with van der Waals surface area (Å²) in [5, 5.41) is 0. The molecule has 1 heterocycles.